The van der Waals surface area contributed by atoms with Gasteiger partial charge in [-0.3, -0.25) is 0 Å². The molecule has 0 spiro atoms. The van der Waals surface area contributed by atoms with Gasteiger partial charge in [-0.1, -0.05) is 12.1 Å². The third-order valence-corrected chi connectivity index (χ3v) is 3.91. The maximum atomic E-state index is 12.1. The second kappa shape index (κ2) is 6.91. The summed E-state index contributed by atoms with van der Waals surface area (Å²) in [5.41, 5.74) is 0.979. The molecule has 0 heterocycles. The van der Waals surface area contributed by atoms with E-state index in [4.69, 9.17) is 9.47 Å². The van der Waals surface area contributed by atoms with Crippen molar-refractivity contribution >= 4 is 16.9 Å². The van der Waals surface area contributed by atoms with E-state index in [0.29, 0.717) is 0 Å². The fraction of sp³-hybridized carbons (Fsp3) is 0.125. The fourth-order valence-corrected chi connectivity index (χ4v) is 2.49. The molecule has 0 amide bonds. The summed E-state index contributed by atoms with van der Waals surface area (Å²) < 4.78 is 22.3. The van der Waals surface area contributed by atoms with Crippen molar-refractivity contribution in [2.24, 2.45) is 0 Å². The summed E-state index contributed by atoms with van der Waals surface area (Å²) in [6, 6.07) is 14.8. The maximum absolute atomic E-state index is 12.1. The Hall–Kier alpha value is -2.07. The zero-order valence-electron chi connectivity index (χ0n) is 11.4. The first kappa shape index (κ1) is 14.3. The van der Waals surface area contributed by atoms with Crippen LogP contribution in [0.2, 0.25) is 0 Å². The molecule has 2 rings (SSSR count). The summed E-state index contributed by atoms with van der Waals surface area (Å²) in [7, 11) is 2.07. The molecule has 0 bridgehead atoms. The molecule has 0 aliphatic carbocycles. The Morgan fingerprint density at radius 2 is 1.35 bits per heavy atom. The van der Waals surface area contributed by atoms with E-state index in [9.17, 15) is 4.21 Å². The van der Waals surface area contributed by atoms with E-state index in [1.807, 2.05) is 30.3 Å². The monoisotopic (exact) mass is 288 g/mol. The van der Waals surface area contributed by atoms with Crippen LogP contribution in [0.1, 0.15) is 5.56 Å². The van der Waals surface area contributed by atoms with E-state index in [1.165, 1.54) is 0 Å². The Morgan fingerprint density at radius 3 is 1.85 bits per heavy atom. The van der Waals surface area contributed by atoms with Crippen LogP contribution in [-0.2, 0) is 10.8 Å². The van der Waals surface area contributed by atoms with E-state index in [-0.39, 0.29) is 0 Å². The van der Waals surface area contributed by atoms with Crippen LogP contribution in [0.5, 0.6) is 11.5 Å². The van der Waals surface area contributed by atoms with Crippen molar-refractivity contribution < 1.29 is 13.7 Å². The van der Waals surface area contributed by atoms with Gasteiger partial charge in [0.05, 0.1) is 25.0 Å². The van der Waals surface area contributed by atoms with E-state index in [0.717, 1.165) is 22.0 Å². The molecule has 20 heavy (non-hydrogen) atoms. The highest BCUT2D eigenvalue weighted by atomic mass is 32.2. The van der Waals surface area contributed by atoms with Crippen molar-refractivity contribution in [1.82, 2.24) is 0 Å². The minimum absolute atomic E-state index is 0.746. The number of hydrogen-bond acceptors (Lipinski definition) is 3. The lowest BCUT2D eigenvalue weighted by Crippen LogP contribution is -1.88. The van der Waals surface area contributed by atoms with Gasteiger partial charge in [0, 0.05) is 10.3 Å². The van der Waals surface area contributed by atoms with Crippen molar-refractivity contribution in [3.05, 3.63) is 59.5 Å². The predicted octanol–water partition coefficient (Wildman–Crippen LogP) is 3.48. The smallest absolute Gasteiger partial charge is 0.118 e. The third-order valence-electron chi connectivity index (χ3n) is 2.79. The number of hydrogen-bond donors (Lipinski definition) is 0. The molecule has 2 aromatic rings. The fourth-order valence-electron chi connectivity index (χ4n) is 1.64. The first-order valence-corrected chi connectivity index (χ1v) is 7.31. The van der Waals surface area contributed by atoms with Gasteiger partial charge in [-0.05, 0) is 48.0 Å². The number of ether oxygens (including phenoxy) is 2. The summed E-state index contributed by atoms with van der Waals surface area (Å²) in [5.74, 6) is 1.56. The molecule has 104 valence electrons. The Morgan fingerprint density at radius 1 is 0.850 bits per heavy atom. The van der Waals surface area contributed by atoms with Gasteiger partial charge >= 0.3 is 0 Å². The highest BCUT2D eigenvalue weighted by molar-refractivity contribution is 7.88. The molecule has 2 aromatic carbocycles. The zero-order chi connectivity index (χ0) is 14.4. The summed E-state index contributed by atoms with van der Waals surface area (Å²) >= 11 is 0. The molecular weight excluding hydrogens is 272 g/mol. The molecular formula is C16H16O3S. The second-order valence-corrected chi connectivity index (χ2v) is 5.39. The minimum atomic E-state index is -1.17. The van der Waals surface area contributed by atoms with Gasteiger partial charge in [-0.25, -0.2) is 4.21 Å². The lowest BCUT2D eigenvalue weighted by atomic mass is 10.2. The van der Waals surface area contributed by atoms with Crippen LogP contribution in [0.15, 0.2) is 58.8 Å². The maximum Gasteiger partial charge on any atom is 0.118 e. The predicted molar refractivity (Wildman–Crippen MR) is 81.4 cm³/mol. The lowest BCUT2D eigenvalue weighted by molar-refractivity contribution is 0.414. The van der Waals surface area contributed by atoms with Gasteiger partial charge in [-0.15, -0.1) is 0 Å². The van der Waals surface area contributed by atoms with E-state index in [2.05, 4.69) is 0 Å². The Labute approximate surface area is 121 Å². The molecule has 0 radical (unpaired) electrons. The largest absolute Gasteiger partial charge is 0.497 e. The first-order valence-electron chi connectivity index (χ1n) is 6.10. The highest BCUT2D eigenvalue weighted by Crippen LogP contribution is 2.16. The summed E-state index contributed by atoms with van der Waals surface area (Å²) in [5, 5.41) is 1.67. The molecule has 0 aromatic heterocycles. The third kappa shape index (κ3) is 3.71. The average molecular weight is 288 g/mol. The van der Waals surface area contributed by atoms with Gasteiger partial charge in [0.15, 0.2) is 0 Å². The van der Waals surface area contributed by atoms with Crippen LogP contribution >= 0.6 is 0 Å². The number of methoxy groups -OCH3 is 2. The van der Waals surface area contributed by atoms with Gasteiger partial charge in [0.1, 0.15) is 11.5 Å². The molecule has 0 aliphatic heterocycles. The lowest BCUT2D eigenvalue weighted by Gasteiger charge is -2.01. The van der Waals surface area contributed by atoms with E-state index in [1.54, 1.807) is 43.9 Å². The normalized spacial score (nSPS) is 12.3. The molecule has 1 atom stereocenters. The SMILES string of the molecule is COc1ccc(/C=C/S(=O)c2ccc(OC)cc2)cc1. The van der Waals surface area contributed by atoms with Crippen LogP contribution < -0.4 is 9.47 Å². The first-order chi connectivity index (χ1) is 9.72. The van der Waals surface area contributed by atoms with Crippen molar-refractivity contribution in [2.75, 3.05) is 14.2 Å². The van der Waals surface area contributed by atoms with Crippen molar-refractivity contribution in [1.29, 1.82) is 0 Å². The molecule has 0 aliphatic rings. The molecule has 0 saturated carbocycles. The van der Waals surface area contributed by atoms with Gasteiger partial charge in [-0.2, -0.15) is 0 Å². The van der Waals surface area contributed by atoms with E-state index < -0.39 is 10.8 Å². The quantitative estimate of drug-likeness (QED) is 0.845. The summed E-state index contributed by atoms with van der Waals surface area (Å²) in [4.78, 5) is 0.746. The second-order valence-electron chi connectivity index (χ2n) is 4.05. The van der Waals surface area contributed by atoms with Crippen LogP contribution in [0.4, 0.5) is 0 Å². The van der Waals surface area contributed by atoms with Crippen molar-refractivity contribution in [2.45, 2.75) is 4.90 Å². The summed E-state index contributed by atoms with van der Waals surface area (Å²) in [6.07, 6.45) is 1.83. The zero-order valence-corrected chi connectivity index (χ0v) is 12.2. The number of rotatable bonds is 5. The molecule has 0 saturated heterocycles. The summed E-state index contributed by atoms with van der Waals surface area (Å²) in [6.45, 7) is 0. The minimum Gasteiger partial charge on any atom is -0.497 e. The van der Waals surface area contributed by atoms with Crippen molar-refractivity contribution in [3.63, 3.8) is 0 Å². The van der Waals surface area contributed by atoms with Crippen LogP contribution in [-0.4, -0.2) is 18.4 Å². The van der Waals surface area contributed by atoms with Crippen LogP contribution in [0.25, 0.3) is 6.08 Å². The van der Waals surface area contributed by atoms with Gasteiger partial charge in [0.25, 0.3) is 0 Å². The molecule has 1 unspecified atom stereocenters. The molecule has 3 nitrogen and oxygen atoms in total. The van der Waals surface area contributed by atoms with Crippen LogP contribution in [0, 0.1) is 0 Å². The Bertz CT molecular complexity index is 601. The topological polar surface area (TPSA) is 35.5 Å². The Kier molecular flexibility index (Phi) is 4.96. The molecule has 4 heteroatoms. The Balaban J connectivity index is 2.07. The van der Waals surface area contributed by atoms with Gasteiger partial charge in [0.2, 0.25) is 0 Å². The molecule has 0 fully saturated rings. The van der Waals surface area contributed by atoms with Crippen molar-refractivity contribution in [3.8, 4) is 11.5 Å². The number of benzene rings is 2. The molecule has 0 N–H and O–H groups in total. The highest BCUT2D eigenvalue weighted by Gasteiger charge is 2.00. The van der Waals surface area contributed by atoms with Gasteiger partial charge < -0.3 is 9.47 Å². The standard InChI is InChI=1S/C16H16O3S/c1-18-14-5-3-13(4-6-14)11-12-20(17)16-9-7-15(19-2)8-10-16/h3-12H,1-2H3/b12-11+. The average Bonchev–Trinajstić information content (AvgIpc) is 2.53. The van der Waals surface area contributed by atoms with Crippen LogP contribution in [0.3, 0.4) is 0 Å². The van der Waals surface area contributed by atoms with E-state index >= 15 is 0 Å².